The number of nitrogens with zero attached hydrogens (tertiary/aromatic N) is 1. The molecule has 1 saturated heterocycles. The van der Waals surface area contributed by atoms with E-state index >= 15 is 0 Å². The molecule has 3 heteroatoms. The lowest BCUT2D eigenvalue weighted by atomic mass is 9.68. The highest BCUT2D eigenvalue weighted by atomic mass is 16.2. The zero-order valence-electron chi connectivity index (χ0n) is 17.9. The van der Waals surface area contributed by atoms with Crippen molar-refractivity contribution in [3.05, 3.63) is 71.8 Å². The van der Waals surface area contributed by atoms with E-state index < -0.39 is 0 Å². The third-order valence-electron chi connectivity index (χ3n) is 7.97. The molecule has 2 aromatic carbocycles. The average molecular weight is 403 g/mol. The van der Waals surface area contributed by atoms with Gasteiger partial charge in [-0.1, -0.05) is 79.9 Å². The molecule has 158 valence electrons. The Balaban J connectivity index is 1.28. The lowest BCUT2D eigenvalue weighted by Gasteiger charge is -2.38. The number of fused-ring (bicyclic) bond motifs is 1. The van der Waals surface area contributed by atoms with Gasteiger partial charge in [0.1, 0.15) is 0 Å². The quantitative estimate of drug-likeness (QED) is 0.770. The number of hydrogen-bond acceptors (Lipinski definition) is 2. The van der Waals surface area contributed by atoms with E-state index in [0.717, 1.165) is 51.1 Å². The lowest BCUT2D eigenvalue weighted by Crippen LogP contribution is -2.50. The van der Waals surface area contributed by atoms with Gasteiger partial charge in [-0.15, -0.1) is 0 Å². The maximum Gasteiger partial charge on any atom is 0.230 e. The summed E-state index contributed by atoms with van der Waals surface area (Å²) in [5.74, 6) is 1.63. The fourth-order valence-electron chi connectivity index (χ4n) is 6.37. The molecule has 0 unspecified atom stereocenters. The summed E-state index contributed by atoms with van der Waals surface area (Å²) in [5, 5.41) is 3.58. The highest BCUT2D eigenvalue weighted by Crippen LogP contribution is 2.42. The van der Waals surface area contributed by atoms with Crippen LogP contribution >= 0.6 is 0 Å². The van der Waals surface area contributed by atoms with Gasteiger partial charge in [-0.25, -0.2) is 0 Å². The number of benzene rings is 2. The van der Waals surface area contributed by atoms with E-state index in [1.807, 2.05) is 0 Å². The molecule has 0 radical (unpaired) electrons. The minimum atomic E-state index is -0.320. The predicted molar refractivity (Wildman–Crippen MR) is 121 cm³/mol. The molecule has 0 bridgehead atoms. The average Bonchev–Trinajstić information content (AvgIpc) is 3.36. The Morgan fingerprint density at radius 2 is 1.60 bits per heavy atom. The topological polar surface area (TPSA) is 32.3 Å². The van der Waals surface area contributed by atoms with Crippen molar-refractivity contribution in [3.8, 4) is 0 Å². The monoisotopic (exact) mass is 402 g/mol. The number of likely N-dealkylation sites (tertiary alicyclic amines) is 1. The van der Waals surface area contributed by atoms with Crippen molar-refractivity contribution in [2.45, 2.75) is 62.9 Å². The van der Waals surface area contributed by atoms with Gasteiger partial charge in [-0.3, -0.25) is 9.69 Å². The van der Waals surface area contributed by atoms with E-state index in [4.69, 9.17) is 0 Å². The molecule has 1 N–H and O–H groups in total. The Hall–Kier alpha value is -2.13. The van der Waals surface area contributed by atoms with Gasteiger partial charge in [0.15, 0.2) is 0 Å². The summed E-state index contributed by atoms with van der Waals surface area (Å²) in [5.41, 5.74) is 2.29. The summed E-state index contributed by atoms with van der Waals surface area (Å²) >= 11 is 0. The van der Waals surface area contributed by atoms with E-state index in [2.05, 4.69) is 70.9 Å². The summed E-state index contributed by atoms with van der Waals surface area (Å²) in [7, 11) is 0. The summed E-state index contributed by atoms with van der Waals surface area (Å²) in [6, 6.07) is 21.7. The van der Waals surface area contributed by atoms with Crippen molar-refractivity contribution >= 4 is 5.91 Å². The molecule has 1 aliphatic heterocycles. The fourth-order valence-corrected chi connectivity index (χ4v) is 6.37. The van der Waals surface area contributed by atoms with Crippen molar-refractivity contribution in [2.75, 3.05) is 13.1 Å². The van der Waals surface area contributed by atoms with Crippen LogP contribution in [0.1, 0.15) is 56.1 Å². The number of rotatable bonds is 5. The predicted octanol–water partition coefficient (Wildman–Crippen LogP) is 4.92. The number of nitrogens with one attached hydrogen (secondary N) is 1. The van der Waals surface area contributed by atoms with Gasteiger partial charge in [-0.05, 0) is 48.6 Å². The number of carbonyl (C=O) groups is 1. The largest absolute Gasteiger partial charge is 0.352 e. The van der Waals surface area contributed by atoms with E-state index in [1.54, 1.807) is 0 Å². The summed E-state index contributed by atoms with van der Waals surface area (Å²) in [6.07, 6.45) is 7.94. The first-order valence-corrected chi connectivity index (χ1v) is 11.9. The molecular formula is C27H34N2O. The Labute approximate surface area is 180 Å². The van der Waals surface area contributed by atoms with Crippen molar-refractivity contribution in [1.29, 1.82) is 0 Å². The van der Waals surface area contributed by atoms with Crippen LogP contribution in [-0.2, 0) is 16.8 Å². The molecule has 2 saturated carbocycles. The van der Waals surface area contributed by atoms with Gasteiger partial charge >= 0.3 is 0 Å². The van der Waals surface area contributed by atoms with E-state index in [0.29, 0.717) is 17.9 Å². The van der Waals surface area contributed by atoms with Gasteiger partial charge in [0.2, 0.25) is 5.91 Å². The van der Waals surface area contributed by atoms with Gasteiger partial charge < -0.3 is 5.32 Å². The minimum absolute atomic E-state index is 0.292. The van der Waals surface area contributed by atoms with Crippen LogP contribution in [0.25, 0.3) is 0 Å². The molecular weight excluding hydrogens is 368 g/mol. The maximum absolute atomic E-state index is 13.7. The standard InChI is InChI=1S/C27H34N2O/c30-26(27(16-8-3-9-17-27)23-12-6-2-7-13-23)28-25-15-14-22-19-29(20-24(22)25)18-21-10-4-1-5-11-21/h1-2,4-7,10-13,22,24-25H,3,8-9,14-20H2,(H,28,30)/t22-,24+,25+/m0/s1. The molecule has 5 rings (SSSR count). The first-order valence-electron chi connectivity index (χ1n) is 11.9. The lowest BCUT2D eigenvalue weighted by molar-refractivity contribution is -0.129. The molecule has 3 fully saturated rings. The van der Waals surface area contributed by atoms with E-state index in [1.165, 1.54) is 30.5 Å². The smallest absolute Gasteiger partial charge is 0.230 e. The number of hydrogen-bond donors (Lipinski definition) is 1. The Kier molecular flexibility index (Phi) is 5.64. The summed E-state index contributed by atoms with van der Waals surface area (Å²) in [6.45, 7) is 3.32. The van der Waals surface area contributed by atoms with Crippen LogP contribution in [0.4, 0.5) is 0 Å². The molecule has 1 heterocycles. The first kappa shape index (κ1) is 19.8. The van der Waals surface area contributed by atoms with Gasteiger partial charge in [0.25, 0.3) is 0 Å². The van der Waals surface area contributed by atoms with Gasteiger partial charge in [0, 0.05) is 25.7 Å². The Morgan fingerprint density at radius 3 is 2.33 bits per heavy atom. The van der Waals surface area contributed by atoms with Crippen molar-refractivity contribution < 1.29 is 4.79 Å². The second kappa shape index (κ2) is 8.55. The molecule has 3 atom stereocenters. The molecule has 2 aromatic rings. The zero-order valence-corrected chi connectivity index (χ0v) is 17.9. The molecule has 3 aliphatic rings. The van der Waals surface area contributed by atoms with Crippen LogP contribution < -0.4 is 5.32 Å². The summed E-state index contributed by atoms with van der Waals surface area (Å²) < 4.78 is 0. The highest BCUT2D eigenvalue weighted by Gasteiger charge is 2.46. The molecule has 30 heavy (non-hydrogen) atoms. The Bertz CT molecular complexity index is 844. The number of amides is 1. The van der Waals surface area contributed by atoms with Crippen LogP contribution in [0.5, 0.6) is 0 Å². The normalized spacial score (nSPS) is 28.2. The van der Waals surface area contributed by atoms with E-state index in [-0.39, 0.29) is 5.41 Å². The Morgan fingerprint density at radius 1 is 0.900 bits per heavy atom. The SMILES string of the molecule is O=C(N[C@@H]1CC[C@H]2CN(Cc3ccccc3)C[C@H]21)C1(c2ccccc2)CCCCC1. The van der Waals surface area contributed by atoms with Crippen molar-refractivity contribution in [3.63, 3.8) is 0 Å². The first-order chi connectivity index (χ1) is 14.7. The van der Waals surface area contributed by atoms with Gasteiger partial charge in [-0.2, -0.15) is 0 Å². The van der Waals surface area contributed by atoms with E-state index in [9.17, 15) is 4.79 Å². The molecule has 1 amide bonds. The summed E-state index contributed by atoms with van der Waals surface area (Å²) in [4.78, 5) is 16.3. The molecule has 2 aliphatic carbocycles. The van der Waals surface area contributed by atoms with Crippen LogP contribution in [0, 0.1) is 11.8 Å². The fraction of sp³-hybridized carbons (Fsp3) is 0.519. The number of carbonyl (C=O) groups excluding carboxylic acids is 1. The second-order valence-corrected chi connectivity index (χ2v) is 9.77. The van der Waals surface area contributed by atoms with Crippen LogP contribution in [0.15, 0.2) is 60.7 Å². The van der Waals surface area contributed by atoms with Gasteiger partial charge in [0.05, 0.1) is 5.41 Å². The van der Waals surface area contributed by atoms with Crippen molar-refractivity contribution in [1.82, 2.24) is 10.2 Å². The third kappa shape index (κ3) is 3.80. The minimum Gasteiger partial charge on any atom is -0.352 e. The second-order valence-electron chi connectivity index (χ2n) is 9.77. The maximum atomic E-state index is 13.7. The highest BCUT2D eigenvalue weighted by molar-refractivity contribution is 5.88. The molecule has 3 nitrogen and oxygen atoms in total. The molecule has 0 spiro atoms. The third-order valence-corrected chi connectivity index (χ3v) is 7.97. The molecule has 0 aromatic heterocycles. The van der Waals surface area contributed by atoms with Crippen LogP contribution in [0.2, 0.25) is 0 Å². The van der Waals surface area contributed by atoms with Crippen molar-refractivity contribution in [2.24, 2.45) is 11.8 Å². The van der Waals surface area contributed by atoms with Crippen LogP contribution in [0.3, 0.4) is 0 Å². The zero-order chi connectivity index (χ0) is 20.4. The van der Waals surface area contributed by atoms with Crippen LogP contribution in [-0.4, -0.2) is 29.9 Å².